The molecule has 162 valence electrons. The maximum atomic E-state index is 11.9. The molecule has 0 aromatic carbocycles. The van der Waals surface area contributed by atoms with E-state index in [1.807, 2.05) is 27.2 Å². The Morgan fingerprint density at radius 1 is 0.893 bits per heavy atom. The minimum absolute atomic E-state index is 0.168. The summed E-state index contributed by atoms with van der Waals surface area (Å²) in [6.45, 7) is 2.71. The van der Waals surface area contributed by atoms with Crippen LogP contribution in [0.1, 0.15) is 77.6 Å². The van der Waals surface area contributed by atoms with Gasteiger partial charge in [0.25, 0.3) is 0 Å². The second-order valence-corrected chi connectivity index (χ2v) is 8.49. The van der Waals surface area contributed by atoms with Gasteiger partial charge in [0.1, 0.15) is 6.54 Å². The van der Waals surface area contributed by atoms with Gasteiger partial charge in [0.15, 0.2) is 6.10 Å². The smallest absolute Gasteiger partial charge is 0.330 e. The number of aliphatic carboxylic acids is 1. The number of likely N-dealkylation sites (N-methyl/N-ethyl adjacent to an activating group) is 1. The van der Waals surface area contributed by atoms with Gasteiger partial charge in [-0.15, -0.1) is 0 Å². The van der Waals surface area contributed by atoms with E-state index < -0.39 is 18.0 Å². The highest BCUT2D eigenvalue weighted by Crippen LogP contribution is 2.08. The molecule has 0 bridgehead atoms. The molecule has 0 aromatic rings. The number of ether oxygens (including phenoxy) is 1. The van der Waals surface area contributed by atoms with Gasteiger partial charge >= 0.3 is 11.9 Å². The molecule has 0 unspecified atom stereocenters. The van der Waals surface area contributed by atoms with Crippen molar-refractivity contribution in [3.63, 3.8) is 0 Å². The number of carboxylic acid groups (broad SMARTS) is 1. The van der Waals surface area contributed by atoms with E-state index >= 15 is 0 Å². The van der Waals surface area contributed by atoms with E-state index in [1.54, 1.807) is 0 Å². The monoisotopic (exact) mass is 396 g/mol. The summed E-state index contributed by atoms with van der Waals surface area (Å²) in [5.41, 5.74) is 0. The molecular weight excluding hydrogens is 354 g/mol. The van der Waals surface area contributed by atoms with E-state index in [9.17, 15) is 9.59 Å². The topological polar surface area (TPSA) is 63.6 Å². The zero-order valence-corrected chi connectivity index (χ0v) is 18.5. The van der Waals surface area contributed by atoms with E-state index in [0.29, 0.717) is 11.0 Å². The van der Waals surface area contributed by atoms with Crippen LogP contribution in [0, 0.1) is 0 Å². The number of carbonyl (C=O) groups excluding carboxylic acids is 1. The summed E-state index contributed by atoms with van der Waals surface area (Å²) in [5, 5.41) is 8.97. The Bertz CT molecular complexity index is 477. The highest BCUT2D eigenvalue weighted by molar-refractivity contribution is 5.82. The molecule has 5 heteroatoms. The Hall–Kier alpha value is -1.62. The van der Waals surface area contributed by atoms with Gasteiger partial charge < -0.3 is 14.3 Å². The first-order chi connectivity index (χ1) is 13.2. The van der Waals surface area contributed by atoms with Crippen molar-refractivity contribution >= 4 is 11.9 Å². The standard InChI is InChI=1S/C23H41NO4/c1-5-6-7-8-9-10-11-12-13-14-15-16-17-18-23(27)28-21(19-22(25)26)20-24(2,3)4/h12-13,17-18,21H,5-11,14-16,19-20H2,1-4H3/p+1/b13-12-,18-17+/t21-/m1/s1. The summed E-state index contributed by atoms with van der Waals surface area (Å²) in [6, 6.07) is 0. The lowest BCUT2D eigenvalue weighted by atomic mass is 10.1. The first-order valence-corrected chi connectivity index (χ1v) is 10.8. The third-order valence-corrected chi connectivity index (χ3v) is 4.32. The summed E-state index contributed by atoms with van der Waals surface area (Å²) in [6.07, 6.45) is 18.9. The minimum atomic E-state index is -0.956. The molecule has 0 aliphatic heterocycles. The number of allylic oxidation sites excluding steroid dienone is 3. The zero-order valence-electron chi connectivity index (χ0n) is 18.5. The lowest BCUT2D eigenvalue weighted by molar-refractivity contribution is -0.873. The number of hydrogen-bond acceptors (Lipinski definition) is 3. The van der Waals surface area contributed by atoms with Crippen LogP contribution in [0.25, 0.3) is 0 Å². The molecular formula is C23H42NO4+. The van der Waals surface area contributed by atoms with Crippen LogP contribution in [0.3, 0.4) is 0 Å². The second kappa shape index (κ2) is 16.3. The molecule has 0 aliphatic carbocycles. The fourth-order valence-electron chi connectivity index (χ4n) is 2.96. The fourth-order valence-corrected chi connectivity index (χ4v) is 2.96. The van der Waals surface area contributed by atoms with Crippen molar-refractivity contribution in [3.8, 4) is 0 Å². The predicted octanol–water partition coefficient (Wildman–Crippen LogP) is 5.11. The zero-order chi connectivity index (χ0) is 21.3. The molecule has 0 aromatic heterocycles. The van der Waals surface area contributed by atoms with E-state index in [0.717, 1.165) is 25.7 Å². The first kappa shape index (κ1) is 26.4. The van der Waals surface area contributed by atoms with Crippen molar-refractivity contribution in [2.75, 3.05) is 27.7 Å². The number of carbonyl (C=O) groups is 2. The van der Waals surface area contributed by atoms with Crippen molar-refractivity contribution < 1.29 is 23.9 Å². The van der Waals surface area contributed by atoms with Gasteiger partial charge in [0.2, 0.25) is 0 Å². The molecule has 0 heterocycles. The summed E-state index contributed by atoms with van der Waals surface area (Å²) in [4.78, 5) is 22.8. The fraction of sp³-hybridized carbons (Fsp3) is 0.739. The van der Waals surface area contributed by atoms with Crippen LogP contribution in [0.2, 0.25) is 0 Å². The van der Waals surface area contributed by atoms with Crippen LogP contribution < -0.4 is 0 Å². The maximum absolute atomic E-state index is 11.9. The number of unbranched alkanes of at least 4 members (excludes halogenated alkanes) is 8. The Labute approximate surface area is 172 Å². The van der Waals surface area contributed by atoms with Crippen LogP contribution in [0.4, 0.5) is 0 Å². The van der Waals surface area contributed by atoms with Crippen LogP contribution in [0.15, 0.2) is 24.3 Å². The summed E-state index contributed by atoms with van der Waals surface area (Å²) in [5.74, 6) is -1.42. The molecule has 0 radical (unpaired) electrons. The van der Waals surface area contributed by atoms with E-state index in [2.05, 4.69) is 19.1 Å². The molecule has 0 aliphatic rings. The molecule has 28 heavy (non-hydrogen) atoms. The third-order valence-electron chi connectivity index (χ3n) is 4.32. The van der Waals surface area contributed by atoms with Gasteiger partial charge in [0, 0.05) is 6.08 Å². The number of carboxylic acids is 1. The molecule has 0 amide bonds. The SMILES string of the molecule is CCCCCCCC/C=C\CCC/C=C/C(=O)O[C@H](CC(=O)O)C[N+](C)(C)C. The molecule has 0 saturated carbocycles. The lowest BCUT2D eigenvalue weighted by Crippen LogP contribution is -2.43. The second-order valence-electron chi connectivity index (χ2n) is 8.49. The average molecular weight is 397 g/mol. The summed E-state index contributed by atoms with van der Waals surface area (Å²) in [7, 11) is 5.83. The normalized spacial score (nSPS) is 13.3. The van der Waals surface area contributed by atoms with Crippen molar-refractivity contribution in [2.45, 2.75) is 83.7 Å². The molecule has 1 N–H and O–H groups in total. The van der Waals surface area contributed by atoms with E-state index in [4.69, 9.17) is 9.84 Å². The molecule has 0 fully saturated rings. The Morgan fingerprint density at radius 2 is 1.46 bits per heavy atom. The van der Waals surface area contributed by atoms with Crippen molar-refractivity contribution in [2.24, 2.45) is 0 Å². The summed E-state index contributed by atoms with van der Waals surface area (Å²) < 4.78 is 5.85. The van der Waals surface area contributed by atoms with Crippen LogP contribution in [-0.4, -0.2) is 55.3 Å². The average Bonchev–Trinajstić information content (AvgIpc) is 2.56. The van der Waals surface area contributed by atoms with E-state index in [-0.39, 0.29) is 6.42 Å². The lowest BCUT2D eigenvalue weighted by Gasteiger charge is -2.28. The molecule has 0 saturated heterocycles. The van der Waals surface area contributed by atoms with Crippen molar-refractivity contribution in [1.29, 1.82) is 0 Å². The maximum Gasteiger partial charge on any atom is 0.330 e. The van der Waals surface area contributed by atoms with Gasteiger partial charge in [-0.2, -0.15) is 0 Å². The van der Waals surface area contributed by atoms with Gasteiger partial charge in [-0.1, -0.05) is 57.3 Å². The van der Waals surface area contributed by atoms with Gasteiger partial charge in [0.05, 0.1) is 27.6 Å². The molecule has 0 spiro atoms. The molecule has 0 rings (SSSR count). The number of esters is 1. The minimum Gasteiger partial charge on any atom is -0.481 e. The number of nitrogens with zero attached hydrogens (tertiary/aromatic N) is 1. The highest BCUT2D eigenvalue weighted by Gasteiger charge is 2.23. The van der Waals surface area contributed by atoms with Gasteiger partial charge in [-0.05, 0) is 32.1 Å². The number of quaternary nitrogens is 1. The number of rotatable bonds is 17. The van der Waals surface area contributed by atoms with E-state index in [1.165, 1.54) is 44.6 Å². The summed E-state index contributed by atoms with van der Waals surface area (Å²) >= 11 is 0. The van der Waals surface area contributed by atoms with Crippen LogP contribution >= 0.6 is 0 Å². The predicted molar refractivity (Wildman–Crippen MR) is 115 cm³/mol. The quantitative estimate of drug-likeness (QED) is 0.122. The van der Waals surface area contributed by atoms with Gasteiger partial charge in [-0.3, -0.25) is 4.79 Å². The number of hydrogen-bond donors (Lipinski definition) is 1. The Balaban J connectivity index is 3.88. The first-order valence-electron chi connectivity index (χ1n) is 10.8. The van der Waals surface area contributed by atoms with Crippen molar-refractivity contribution in [3.05, 3.63) is 24.3 Å². The third kappa shape index (κ3) is 19.2. The molecule has 5 nitrogen and oxygen atoms in total. The largest absolute Gasteiger partial charge is 0.481 e. The van der Waals surface area contributed by atoms with Gasteiger partial charge in [-0.25, -0.2) is 4.79 Å². The highest BCUT2D eigenvalue weighted by atomic mass is 16.5. The Morgan fingerprint density at radius 3 is 2.07 bits per heavy atom. The molecule has 1 atom stereocenters. The van der Waals surface area contributed by atoms with Crippen LogP contribution in [0.5, 0.6) is 0 Å². The van der Waals surface area contributed by atoms with Crippen molar-refractivity contribution in [1.82, 2.24) is 0 Å². The Kier molecular flexibility index (Phi) is 15.4. The van der Waals surface area contributed by atoms with Crippen LogP contribution in [-0.2, 0) is 14.3 Å².